The van der Waals surface area contributed by atoms with E-state index in [2.05, 4.69) is 10.5 Å². The summed E-state index contributed by atoms with van der Waals surface area (Å²) in [6, 6.07) is 3.83. The fraction of sp³-hybridized carbons (Fsp3) is 0.500. The van der Waals surface area contributed by atoms with Crippen LogP contribution in [0.3, 0.4) is 0 Å². The number of anilines is 1. The number of carbonyl (C=O) groups is 1. The van der Waals surface area contributed by atoms with Gasteiger partial charge in [0.25, 0.3) is 5.91 Å². The Kier molecular flexibility index (Phi) is 6.27. The van der Waals surface area contributed by atoms with E-state index < -0.39 is 34.2 Å². The van der Waals surface area contributed by atoms with Crippen molar-refractivity contribution < 1.29 is 26.4 Å². The molecule has 2 rings (SSSR count). The van der Waals surface area contributed by atoms with E-state index in [4.69, 9.17) is 0 Å². The molecule has 0 atom stereocenters. The van der Waals surface area contributed by atoms with Crippen LogP contribution < -0.4 is 9.73 Å². The molecule has 144 valence electrons. The van der Waals surface area contributed by atoms with Gasteiger partial charge in [-0.05, 0) is 43.9 Å². The lowest BCUT2D eigenvalue weighted by Crippen LogP contribution is -2.39. The van der Waals surface area contributed by atoms with Crippen molar-refractivity contribution in [3.05, 3.63) is 29.8 Å². The molecule has 1 aromatic carbocycles. The Morgan fingerprint density at radius 3 is 2.46 bits per heavy atom. The molecule has 0 saturated heterocycles. The predicted octanol–water partition coefficient (Wildman–Crippen LogP) is 2.91. The second kappa shape index (κ2) is 8.07. The maximum Gasteiger partial charge on any atom is 0.416 e. The molecule has 0 heterocycles. The first-order chi connectivity index (χ1) is 12.1. The fourth-order valence-corrected chi connectivity index (χ4v) is 3.46. The molecule has 1 N–H and O–H groups in total. The van der Waals surface area contributed by atoms with Crippen LogP contribution in [0.4, 0.5) is 18.9 Å². The third-order valence-electron chi connectivity index (χ3n) is 3.92. The molecule has 0 radical (unpaired) electrons. The highest BCUT2D eigenvalue weighted by Crippen LogP contribution is 2.32. The van der Waals surface area contributed by atoms with Gasteiger partial charge in [0, 0.05) is 5.71 Å². The van der Waals surface area contributed by atoms with Crippen molar-refractivity contribution >= 4 is 27.3 Å². The highest BCUT2D eigenvalue weighted by atomic mass is 32.2. The minimum absolute atomic E-state index is 0.234. The van der Waals surface area contributed by atoms with Crippen LogP contribution in [0.1, 0.15) is 37.7 Å². The Morgan fingerprint density at radius 2 is 1.88 bits per heavy atom. The van der Waals surface area contributed by atoms with Crippen molar-refractivity contribution in [1.82, 2.24) is 5.43 Å². The standard InChI is InChI=1S/C16H20F3N3O3S/c1-26(24,25)22(14-9-5-6-12(10-14)16(17,18)19)11-15(23)21-20-13-7-3-2-4-8-13/h5-6,9-10H,2-4,7-8,11H2,1H3,(H,21,23). The number of sulfonamides is 1. The minimum atomic E-state index is -4.62. The Labute approximate surface area is 150 Å². The summed E-state index contributed by atoms with van der Waals surface area (Å²) in [6.07, 6.45) is 0.808. The zero-order valence-electron chi connectivity index (χ0n) is 14.2. The van der Waals surface area contributed by atoms with E-state index in [0.29, 0.717) is 10.4 Å². The molecule has 0 aromatic heterocycles. The summed E-state index contributed by atoms with van der Waals surface area (Å²) in [7, 11) is -3.96. The number of alkyl halides is 3. The zero-order chi connectivity index (χ0) is 19.4. The number of hydrogen-bond donors (Lipinski definition) is 1. The van der Waals surface area contributed by atoms with Gasteiger partial charge in [0.1, 0.15) is 6.54 Å². The number of hydrazone groups is 1. The third-order valence-corrected chi connectivity index (χ3v) is 5.06. The van der Waals surface area contributed by atoms with Crippen LogP contribution in [0.15, 0.2) is 29.4 Å². The Bertz CT molecular complexity index is 783. The Balaban J connectivity index is 2.17. The second-order valence-corrected chi connectivity index (χ2v) is 8.00. The number of halogens is 3. The van der Waals surface area contributed by atoms with Crippen LogP contribution >= 0.6 is 0 Å². The van der Waals surface area contributed by atoms with Gasteiger partial charge >= 0.3 is 6.18 Å². The molecule has 0 aliphatic heterocycles. The maximum atomic E-state index is 12.9. The number of benzene rings is 1. The molecule has 1 aliphatic rings. The summed E-state index contributed by atoms with van der Waals surface area (Å²) in [5.41, 5.74) is 1.89. The van der Waals surface area contributed by atoms with Crippen LogP contribution in [-0.2, 0) is 21.0 Å². The molecule has 1 saturated carbocycles. The smallest absolute Gasteiger partial charge is 0.271 e. The lowest BCUT2D eigenvalue weighted by atomic mass is 9.99. The van der Waals surface area contributed by atoms with Crippen molar-refractivity contribution in [1.29, 1.82) is 0 Å². The van der Waals surface area contributed by atoms with Crippen LogP contribution in [0.2, 0.25) is 0 Å². The Hall–Kier alpha value is -2.10. The number of hydrogen-bond acceptors (Lipinski definition) is 4. The van der Waals surface area contributed by atoms with Gasteiger partial charge in [-0.15, -0.1) is 0 Å². The second-order valence-electron chi connectivity index (χ2n) is 6.09. The number of carbonyl (C=O) groups excluding carboxylic acids is 1. The van der Waals surface area contributed by atoms with E-state index >= 15 is 0 Å². The van der Waals surface area contributed by atoms with E-state index in [1.807, 2.05) is 0 Å². The number of nitrogens with one attached hydrogen (secondary N) is 1. The number of rotatable bonds is 5. The van der Waals surface area contributed by atoms with Gasteiger partial charge in [-0.1, -0.05) is 12.5 Å². The van der Waals surface area contributed by atoms with Crippen LogP contribution in [0.5, 0.6) is 0 Å². The van der Waals surface area contributed by atoms with Crippen molar-refractivity contribution in [2.75, 3.05) is 17.1 Å². The minimum Gasteiger partial charge on any atom is -0.271 e. The van der Waals surface area contributed by atoms with Gasteiger partial charge in [0.2, 0.25) is 10.0 Å². The molecule has 6 nitrogen and oxygen atoms in total. The van der Waals surface area contributed by atoms with Gasteiger partial charge < -0.3 is 0 Å². The molecular formula is C16H20F3N3O3S. The lowest BCUT2D eigenvalue weighted by molar-refractivity contribution is -0.137. The summed E-state index contributed by atoms with van der Waals surface area (Å²) in [5, 5.41) is 3.98. The molecule has 26 heavy (non-hydrogen) atoms. The van der Waals surface area contributed by atoms with Gasteiger partial charge in [-0.3, -0.25) is 9.10 Å². The largest absolute Gasteiger partial charge is 0.416 e. The van der Waals surface area contributed by atoms with Crippen molar-refractivity contribution in [3.63, 3.8) is 0 Å². The monoisotopic (exact) mass is 391 g/mol. The first kappa shape index (κ1) is 20.2. The quantitative estimate of drug-likeness (QED) is 0.784. The highest BCUT2D eigenvalue weighted by molar-refractivity contribution is 7.92. The normalized spacial score (nSPS) is 15.5. The molecule has 1 fully saturated rings. The summed E-state index contributed by atoms with van der Waals surface area (Å²) >= 11 is 0. The average molecular weight is 391 g/mol. The summed E-state index contributed by atoms with van der Waals surface area (Å²) in [6.45, 7) is -0.656. The predicted molar refractivity (Wildman–Crippen MR) is 92.3 cm³/mol. The topological polar surface area (TPSA) is 78.8 Å². The molecule has 1 amide bonds. The third kappa shape index (κ3) is 5.72. The van der Waals surface area contributed by atoms with E-state index in [-0.39, 0.29) is 5.69 Å². The summed E-state index contributed by atoms with van der Waals surface area (Å²) in [4.78, 5) is 12.1. The molecule has 10 heteroatoms. The molecule has 0 spiro atoms. The zero-order valence-corrected chi connectivity index (χ0v) is 15.0. The van der Waals surface area contributed by atoms with Crippen molar-refractivity contribution in [3.8, 4) is 0 Å². The molecular weight excluding hydrogens is 371 g/mol. The molecule has 1 aliphatic carbocycles. The first-order valence-corrected chi connectivity index (χ1v) is 9.91. The number of amides is 1. The summed E-state index contributed by atoms with van der Waals surface area (Å²) < 4.78 is 63.1. The van der Waals surface area contributed by atoms with Gasteiger partial charge in [-0.25, -0.2) is 13.8 Å². The van der Waals surface area contributed by atoms with Gasteiger partial charge in [0.05, 0.1) is 17.5 Å². The van der Waals surface area contributed by atoms with Gasteiger partial charge in [-0.2, -0.15) is 18.3 Å². The van der Waals surface area contributed by atoms with E-state index in [1.165, 1.54) is 6.07 Å². The Morgan fingerprint density at radius 1 is 1.23 bits per heavy atom. The van der Waals surface area contributed by atoms with E-state index in [9.17, 15) is 26.4 Å². The van der Waals surface area contributed by atoms with Crippen LogP contribution in [0, 0.1) is 0 Å². The molecule has 0 bridgehead atoms. The fourth-order valence-electron chi connectivity index (χ4n) is 2.62. The molecule has 1 aromatic rings. The average Bonchev–Trinajstić information content (AvgIpc) is 2.57. The van der Waals surface area contributed by atoms with Crippen LogP contribution in [-0.4, -0.2) is 32.8 Å². The lowest BCUT2D eigenvalue weighted by Gasteiger charge is -2.22. The van der Waals surface area contributed by atoms with Gasteiger partial charge in [0.15, 0.2) is 0 Å². The number of nitrogens with zero attached hydrogens (tertiary/aromatic N) is 2. The van der Waals surface area contributed by atoms with E-state index in [1.54, 1.807) is 0 Å². The first-order valence-electron chi connectivity index (χ1n) is 8.06. The maximum absolute atomic E-state index is 12.9. The molecule has 0 unspecified atom stereocenters. The van der Waals surface area contributed by atoms with E-state index in [0.717, 1.165) is 56.2 Å². The summed E-state index contributed by atoms with van der Waals surface area (Å²) in [5.74, 6) is -0.717. The highest BCUT2D eigenvalue weighted by Gasteiger charge is 2.32. The SMILES string of the molecule is CS(=O)(=O)N(CC(=O)NN=C1CCCCC1)c1cccc(C(F)(F)F)c1. The van der Waals surface area contributed by atoms with Crippen molar-refractivity contribution in [2.24, 2.45) is 5.10 Å². The van der Waals surface area contributed by atoms with Crippen LogP contribution in [0.25, 0.3) is 0 Å². The van der Waals surface area contributed by atoms with Crippen molar-refractivity contribution in [2.45, 2.75) is 38.3 Å².